The van der Waals surface area contributed by atoms with E-state index in [9.17, 15) is 14.9 Å². The Bertz CT molecular complexity index is 902. The number of non-ortho nitro benzene ring substituents is 1. The number of hydrogen-bond acceptors (Lipinski definition) is 6. The number of allylic oxidation sites excluding steroid dienone is 1. The Hall–Kier alpha value is -3.19. The maximum atomic E-state index is 12.1. The number of carbonyl (C=O) groups is 1. The topological polar surface area (TPSA) is 86.0 Å². The van der Waals surface area contributed by atoms with Gasteiger partial charge in [0.1, 0.15) is 5.01 Å². The van der Waals surface area contributed by atoms with Gasteiger partial charge in [-0.05, 0) is 36.4 Å². The van der Waals surface area contributed by atoms with E-state index in [1.807, 2.05) is 23.6 Å². The summed E-state index contributed by atoms with van der Waals surface area (Å²) >= 11 is 1.44. The lowest BCUT2D eigenvalue weighted by Gasteiger charge is -1.95. The maximum absolute atomic E-state index is 12.1. The minimum atomic E-state index is -0.501. The van der Waals surface area contributed by atoms with Gasteiger partial charge in [-0.1, -0.05) is 6.07 Å². The second kappa shape index (κ2) is 6.93. The standard InChI is InChI=1S/C17H11N3O3S/c21-16(12-4-7-14(8-5-12)20(22)23)9-6-13-11-24-17(19-13)15-3-1-2-10-18-15/h1-11H/b9-6-. The molecule has 2 aromatic heterocycles. The van der Waals surface area contributed by atoms with Crippen molar-refractivity contribution < 1.29 is 9.72 Å². The Morgan fingerprint density at radius 2 is 1.96 bits per heavy atom. The summed E-state index contributed by atoms with van der Waals surface area (Å²) in [7, 11) is 0. The highest BCUT2D eigenvalue weighted by Crippen LogP contribution is 2.22. The monoisotopic (exact) mass is 337 g/mol. The Morgan fingerprint density at radius 1 is 1.17 bits per heavy atom. The summed E-state index contributed by atoms with van der Waals surface area (Å²) in [6.07, 6.45) is 4.72. The van der Waals surface area contributed by atoms with Crippen molar-refractivity contribution in [3.8, 4) is 10.7 Å². The number of thiazole rings is 1. The van der Waals surface area contributed by atoms with Gasteiger partial charge in [-0.3, -0.25) is 19.9 Å². The van der Waals surface area contributed by atoms with Crippen molar-refractivity contribution >= 4 is 28.9 Å². The first-order valence-electron chi connectivity index (χ1n) is 6.97. The smallest absolute Gasteiger partial charge is 0.269 e. The molecule has 0 fully saturated rings. The lowest BCUT2D eigenvalue weighted by atomic mass is 10.1. The second-order valence-corrected chi connectivity index (χ2v) is 5.65. The van der Waals surface area contributed by atoms with Crippen molar-refractivity contribution in [3.63, 3.8) is 0 Å². The van der Waals surface area contributed by atoms with Crippen LogP contribution in [0.5, 0.6) is 0 Å². The van der Waals surface area contributed by atoms with Crippen molar-refractivity contribution in [2.24, 2.45) is 0 Å². The molecule has 2 heterocycles. The van der Waals surface area contributed by atoms with Gasteiger partial charge < -0.3 is 0 Å². The molecule has 0 aliphatic rings. The number of rotatable bonds is 5. The Morgan fingerprint density at radius 3 is 2.62 bits per heavy atom. The molecule has 1 aromatic carbocycles. The third kappa shape index (κ3) is 3.58. The molecule has 6 nitrogen and oxygen atoms in total. The van der Waals surface area contributed by atoms with Gasteiger partial charge in [0.05, 0.1) is 16.3 Å². The first-order chi connectivity index (χ1) is 11.6. The number of benzene rings is 1. The van der Waals surface area contributed by atoms with Crippen LogP contribution in [0.2, 0.25) is 0 Å². The molecule has 0 saturated heterocycles. The number of hydrogen-bond donors (Lipinski definition) is 0. The molecule has 0 spiro atoms. The van der Waals surface area contributed by atoms with Crippen molar-refractivity contribution in [2.45, 2.75) is 0 Å². The fourth-order valence-corrected chi connectivity index (χ4v) is 2.74. The summed E-state index contributed by atoms with van der Waals surface area (Å²) in [4.78, 5) is 30.8. The summed E-state index contributed by atoms with van der Waals surface area (Å²) in [5.41, 5.74) is 1.78. The fourth-order valence-electron chi connectivity index (χ4n) is 1.97. The van der Waals surface area contributed by atoms with Gasteiger partial charge in [0.15, 0.2) is 5.78 Å². The summed E-state index contributed by atoms with van der Waals surface area (Å²) < 4.78 is 0. The van der Waals surface area contributed by atoms with Gasteiger partial charge >= 0.3 is 0 Å². The molecule has 3 rings (SSSR count). The molecule has 7 heteroatoms. The Balaban J connectivity index is 1.72. The molecular weight excluding hydrogens is 326 g/mol. The zero-order chi connectivity index (χ0) is 16.9. The van der Waals surface area contributed by atoms with E-state index < -0.39 is 4.92 Å². The number of nitro benzene ring substituents is 1. The van der Waals surface area contributed by atoms with E-state index in [0.717, 1.165) is 10.7 Å². The zero-order valence-corrected chi connectivity index (χ0v) is 13.1. The van der Waals surface area contributed by atoms with E-state index >= 15 is 0 Å². The molecule has 0 bridgehead atoms. The maximum Gasteiger partial charge on any atom is 0.269 e. The molecule has 0 amide bonds. The third-order valence-electron chi connectivity index (χ3n) is 3.17. The lowest BCUT2D eigenvalue weighted by Crippen LogP contribution is -1.95. The molecule has 118 valence electrons. The van der Waals surface area contributed by atoms with Gasteiger partial charge in [0.25, 0.3) is 5.69 Å². The van der Waals surface area contributed by atoms with Gasteiger partial charge in [0, 0.05) is 29.3 Å². The molecule has 0 N–H and O–H groups in total. The molecule has 0 radical (unpaired) electrons. The second-order valence-electron chi connectivity index (χ2n) is 4.79. The van der Waals surface area contributed by atoms with Gasteiger partial charge in [-0.15, -0.1) is 11.3 Å². The van der Waals surface area contributed by atoms with E-state index in [-0.39, 0.29) is 11.5 Å². The highest BCUT2D eigenvalue weighted by Gasteiger charge is 2.08. The van der Waals surface area contributed by atoms with Gasteiger partial charge in [-0.25, -0.2) is 4.98 Å². The van der Waals surface area contributed by atoms with Crippen LogP contribution in [0.25, 0.3) is 16.8 Å². The van der Waals surface area contributed by atoms with Crippen LogP contribution < -0.4 is 0 Å². The quantitative estimate of drug-likeness (QED) is 0.304. The van der Waals surface area contributed by atoms with Gasteiger partial charge in [0.2, 0.25) is 0 Å². The molecule has 0 aliphatic carbocycles. The number of nitro groups is 1. The van der Waals surface area contributed by atoms with Crippen LogP contribution in [0.4, 0.5) is 5.69 Å². The summed E-state index contributed by atoms with van der Waals surface area (Å²) in [5, 5.41) is 13.2. The molecule has 3 aromatic rings. The van der Waals surface area contributed by atoms with E-state index in [1.165, 1.54) is 41.7 Å². The average Bonchev–Trinajstić information content (AvgIpc) is 3.09. The largest absolute Gasteiger partial charge is 0.289 e. The van der Waals surface area contributed by atoms with Crippen LogP contribution in [0.3, 0.4) is 0 Å². The Labute approximate surface area is 141 Å². The number of nitrogens with zero attached hydrogens (tertiary/aromatic N) is 3. The van der Waals surface area contributed by atoms with E-state index in [4.69, 9.17) is 0 Å². The number of carbonyl (C=O) groups excluding carboxylic acids is 1. The normalized spacial score (nSPS) is 10.8. The molecule has 24 heavy (non-hydrogen) atoms. The third-order valence-corrected chi connectivity index (χ3v) is 4.06. The molecule has 0 saturated carbocycles. The van der Waals surface area contributed by atoms with Crippen LogP contribution in [0, 0.1) is 10.1 Å². The Kier molecular flexibility index (Phi) is 4.53. The molecule has 0 aliphatic heterocycles. The zero-order valence-electron chi connectivity index (χ0n) is 12.3. The van der Waals surface area contributed by atoms with Crippen LogP contribution in [0.15, 0.2) is 60.1 Å². The summed E-state index contributed by atoms with van der Waals surface area (Å²) in [6.45, 7) is 0. The fraction of sp³-hybridized carbons (Fsp3) is 0. The lowest BCUT2D eigenvalue weighted by molar-refractivity contribution is -0.384. The molecule has 0 unspecified atom stereocenters. The van der Waals surface area contributed by atoms with Crippen LogP contribution >= 0.6 is 11.3 Å². The van der Waals surface area contributed by atoms with Crippen LogP contribution in [0.1, 0.15) is 16.1 Å². The first kappa shape index (κ1) is 15.7. The minimum Gasteiger partial charge on any atom is -0.289 e. The van der Waals surface area contributed by atoms with Crippen molar-refractivity contribution in [1.82, 2.24) is 9.97 Å². The van der Waals surface area contributed by atoms with Crippen LogP contribution in [-0.2, 0) is 0 Å². The van der Waals surface area contributed by atoms with E-state index in [1.54, 1.807) is 12.3 Å². The predicted octanol–water partition coefficient (Wildman–Crippen LogP) is 4.01. The summed E-state index contributed by atoms with van der Waals surface area (Å²) in [6, 6.07) is 11.1. The minimum absolute atomic E-state index is 0.0463. The van der Waals surface area contributed by atoms with Crippen LogP contribution in [-0.4, -0.2) is 20.7 Å². The highest BCUT2D eigenvalue weighted by atomic mass is 32.1. The SMILES string of the molecule is O=C(/C=C\c1csc(-c2ccccn2)n1)c1ccc([N+](=O)[O-])cc1. The number of ketones is 1. The molecular formula is C17H11N3O3S. The van der Waals surface area contributed by atoms with Crippen molar-refractivity contribution in [1.29, 1.82) is 0 Å². The summed E-state index contributed by atoms with van der Waals surface area (Å²) in [5.74, 6) is -0.239. The van der Waals surface area contributed by atoms with Crippen molar-refractivity contribution in [2.75, 3.05) is 0 Å². The predicted molar refractivity (Wildman–Crippen MR) is 91.8 cm³/mol. The first-order valence-corrected chi connectivity index (χ1v) is 7.85. The molecule has 0 atom stereocenters. The van der Waals surface area contributed by atoms with E-state index in [0.29, 0.717) is 11.3 Å². The number of aromatic nitrogens is 2. The van der Waals surface area contributed by atoms with Crippen molar-refractivity contribution in [3.05, 3.63) is 81.5 Å². The van der Waals surface area contributed by atoms with E-state index in [2.05, 4.69) is 9.97 Å². The highest BCUT2D eigenvalue weighted by molar-refractivity contribution is 7.13. The van der Waals surface area contributed by atoms with Gasteiger partial charge in [-0.2, -0.15) is 0 Å². The number of pyridine rings is 1. The average molecular weight is 337 g/mol.